The maximum Gasteiger partial charge on any atom is 0.289 e. The van der Waals surface area contributed by atoms with E-state index < -0.39 is 6.10 Å². The molecular formula is C22H25N3O4. The summed E-state index contributed by atoms with van der Waals surface area (Å²) >= 11 is 0. The summed E-state index contributed by atoms with van der Waals surface area (Å²) in [5, 5.41) is 17.6. The van der Waals surface area contributed by atoms with E-state index in [1.54, 1.807) is 4.90 Å². The number of H-pyrrole nitrogens is 1. The number of β-amino-alcohol motifs (C(OH)–C–C–N with tert-alkyl or cyclic N) is 1. The lowest BCUT2D eigenvalue weighted by molar-refractivity contribution is 0.0728. The van der Waals surface area contributed by atoms with Crippen LogP contribution in [0.2, 0.25) is 0 Å². The third kappa shape index (κ3) is 4.35. The summed E-state index contributed by atoms with van der Waals surface area (Å²) in [6.45, 7) is 4.81. The topological polar surface area (TPSA) is 91.6 Å². The summed E-state index contributed by atoms with van der Waals surface area (Å²) in [5.74, 6) is 1.40. The number of aromatic amines is 1. The van der Waals surface area contributed by atoms with Gasteiger partial charge >= 0.3 is 0 Å². The van der Waals surface area contributed by atoms with Crippen molar-refractivity contribution in [1.82, 2.24) is 15.1 Å². The molecule has 29 heavy (non-hydrogen) atoms. The number of amides is 1. The summed E-state index contributed by atoms with van der Waals surface area (Å²) in [7, 11) is 0. The zero-order chi connectivity index (χ0) is 20.4. The van der Waals surface area contributed by atoms with Crippen molar-refractivity contribution in [2.75, 3.05) is 13.1 Å². The fourth-order valence-electron chi connectivity index (χ4n) is 3.71. The van der Waals surface area contributed by atoms with Gasteiger partial charge in [0.15, 0.2) is 5.76 Å². The first-order valence-corrected chi connectivity index (χ1v) is 9.75. The maximum atomic E-state index is 13.0. The molecule has 1 saturated heterocycles. The molecule has 2 atom stereocenters. The van der Waals surface area contributed by atoms with Crippen LogP contribution in [0.1, 0.15) is 33.3 Å². The number of nitrogens with zero attached hydrogens (tertiary/aromatic N) is 2. The van der Waals surface area contributed by atoms with Crippen molar-refractivity contribution in [3.63, 3.8) is 0 Å². The summed E-state index contributed by atoms with van der Waals surface area (Å²) < 4.78 is 11.5. The number of aryl methyl sites for hydroxylation is 2. The number of para-hydroxylation sites is 1. The number of likely N-dealkylation sites (tertiary alicyclic amines) is 1. The van der Waals surface area contributed by atoms with Crippen molar-refractivity contribution in [2.24, 2.45) is 5.92 Å². The highest BCUT2D eigenvalue weighted by Crippen LogP contribution is 2.25. The summed E-state index contributed by atoms with van der Waals surface area (Å²) in [5.41, 5.74) is 2.65. The van der Waals surface area contributed by atoms with Crippen LogP contribution >= 0.6 is 0 Å². The molecule has 2 aromatic heterocycles. The van der Waals surface area contributed by atoms with E-state index in [-0.39, 0.29) is 18.4 Å². The lowest BCUT2D eigenvalue weighted by Gasteiger charge is -2.14. The smallest absolute Gasteiger partial charge is 0.289 e. The van der Waals surface area contributed by atoms with Gasteiger partial charge in [-0.2, -0.15) is 5.10 Å². The highest BCUT2D eigenvalue weighted by molar-refractivity contribution is 5.93. The summed E-state index contributed by atoms with van der Waals surface area (Å²) in [6, 6.07) is 13.3. The average Bonchev–Trinajstić information content (AvgIpc) is 3.40. The van der Waals surface area contributed by atoms with Crippen LogP contribution < -0.4 is 4.74 Å². The lowest BCUT2D eigenvalue weighted by Crippen LogP contribution is -2.29. The predicted octanol–water partition coefficient (Wildman–Crippen LogP) is 2.87. The first-order valence-electron chi connectivity index (χ1n) is 9.75. The molecule has 1 fully saturated rings. The van der Waals surface area contributed by atoms with E-state index in [4.69, 9.17) is 9.15 Å². The van der Waals surface area contributed by atoms with Crippen molar-refractivity contribution in [3.05, 3.63) is 70.9 Å². The molecule has 4 rings (SSSR count). The van der Waals surface area contributed by atoms with Gasteiger partial charge in [0.25, 0.3) is 5.91 Å². The minimum atomic E-state index is -0.577. The van der Waals surface area contributed by atoms with Crippen LogP contribution in [0.4, 0.5) is 0 Å². The zero-order valence-corrected chi connectivity index (χ0v) is 16.6. The third-order valence-electron chi connectivity index (χ3n) is 5.21. The largest absolute Gasteiger partial charge is 0.486 e. The molecule has 0 radical (unpaired) electrons. The van der Waals surface area contributed by atoms with Crippen molar-refractivity contribution < 1.29 is 19.1 Å². The van der Waals surface area contributed by atoms with Crippen molar-refractivity contribution in [1.29, 1.82) is 0 Å². The molecule has 1 aliphatic heterocycles. The van der Waals surface area contributed by atoms with Gasteiger partial charge in [-0.25, -0.2) is 0 Å². The fourth-order valence-corrected chi connectivity index (χ4v) is 3.71. The number of ether oxygens (including phenoxy) is 1. The standard InChI is InChI=1S/C22H25N3O4/c1-14-8-19(13-28-18-6-4-3-5-7-18)29-21(14)22(27)25-11-16(20(26)12-25)10-17-9-15(2)23-24-17/h3-9,16,20,26H,10-13H2,1-2H3,(H,23,24)/t16-,20+/m1/s1. The second-order valence-corrected chi connectivity index (χ2v) is 7.61. The Bertz CT molecular complexity index is 979. The van der Waals surface area contributed by atoms with E-state index in [1.807, 2.05) is 56.3 Å². The molecule has 1 aromatic carbocycles. The first-order chi connectivity index (χ1) is 14.0. The van der Waals surface area contributed by atoms with Crippen LogP contribution in [0.3, 0.4) is 0 Å². The minimum Gasteiger partial charge on any atom is -0.486 e. The van der Waals surface area contributed by atoms with Gasteiger partial charge in [-0.05, 0) is 44.5 Å². The van der Waals surface area contributed by atoms with Gasteiger partial charge in [-0.3, -0.25) is 9.89 Å². The fraction of sp³-hybridized carbons (Fsp3) is 0.364. The van der Waals surface area contributed by atoms with Gasteiger partial charge in [-0.1, -0.05) is 18.2 Å². The Morgan fingerprint density at radius 3 is 2.79 bits per heavy atom. The number of aromatic nitrogens is 2. The maximum absolute atomic E-state index is 13.0. The molecule has 0 aliphatic carbocycles. The Balaban J connectivity index is 1.39. The molecule has 7 nitrogen and oxygen atoms in total. The number of furan rings is 1. The number of carbonyl (C=O) groups excluding carboxylic acids is 1. The Morgan fingerprint density at radius 1 is 1.28 bits per heavy atom. The number of carbonyl (C=O) groups is 1. The number of benzene rings is 1. The molecule has 0 saturated carbocycles. The van der Waals surface area contributed by atoms with Crippen LogP contribution in [0.15, 0.2) is 46.9 Å². The van der Waals surface area contributed by atoms with Gasteiger partial charge < -0.3 is 19.2 Å². The van der Waals surface area contributed by atoms with Crippen molar-refractivity contribution in [3.8, 4) is 5.75 Å². The van der Waals surface area contributed by atoms with E-state index in [0.717, 1.165) is 22.7 Å². The zero-order valence-electron chi connectivity index (χ0n) is 16.6. The SMILES string of the molecule is Cc1cc(C[C@@H]2CN(C(=O)c3oc(COc4ccccc4)cc3C)C[C@@H]2O)n[nH]1. The average molecular weight is 395 g/mol. The molecule has 3 heterocycles. The monoisotopic (exact) mass is 395 g/mol. The summed E-state index contributed by atoms with van der Waals surface area (Å²) in [4.78, 5) is 14.6. The van der Waals surface area contributed by atoms with E-state index >= 15 is 0 Å². The molecule has 7 heteroatoms. The van der Waals surface area contributed by atoms with Crippen LogP contribution in [-0.2, 0) is 13.0 Å². The molecule has 0 spiro atoms. The van der Waals surface area contributed by atoms with Crippen molar-refractivity contribution in [2.45, 2.75) is 33.0 Å². The van der Waals surface area contributed by atoms with Crippen LogP contribution in [0.5, 0.6) is 5.75 Å². The second-order valence-electron chi connectivity index (χ2n) is 7.61. The Kier molecular flexibility index (Phi) is 5.40. The number of aliphatic hydroxyl groups is 1. The van der Waals surface area contributed by atoms with Gasteiger partial charge in [0.05, 0.1) is 11.8 Å². The molecule has 3 aromatic rings. The molecule has 2 N–H and O–H groups in total. The van der Waals surface area contributed by atoms with Gasteiger partial charge in [0, 0.05) is 30.3 Å². The third-order valence-corrected chi connectivity index (χ3v) is 5.21. The number of hydrogen-bond donors (Lipinski definition) is 2. The predicted molar refractivity (Wildman–Crippen MR) is 107 cm³/mol. The minimum absolute atomic E-state index is 0.0437. The van der Waals surface area contributed by atoms with Crippen LogP contribution in [0, 0.1) is 19.8 Å². The Hall–Kier alpha value is -3.06. The van der Waals surface area contributed by atoms with Crippen molar-refractivity contribution >= 4 is 5.91 Å². The quantitative estimate of drug-likeness (QED) is 0.670. The van der Waals surface area contributed by atoms with Crippen LogP contribution in [0.25, 0.3) is 0 Å². The molecule has 0 bridgehead atoms. The molecule has 1 aliphatic rings. The van der Waals surface area contributed by atoms with Gasteiger partial charge in [0.2, 0.25) is 0 Å². The number of hydrogen-bond acceptors (Lipinski definition) is 5. The van der Waals surface area contributed by atoms with E-state index in [1.165, 1.54) is 0 Å². The Morgan fingerprint density at radius 2 is 2.07 bits per heavy atom. The Labute approximate surface area is 169 Å². The van der Waals surface area contributed by atoms with Gasteiger partial charge in [0.1, 0.15) is 18.1 Å². The number of rotatable bonds is 6. The van der Waals surface area contributed by atoms with Gasteiger partial charge in [-0.15, -0.1) is 0 Å². The molecular weight excluding hydrogens is 370 g/mol. The van der Waals surface area contributed by atoms with E-state index in [2.05, 4.69) is 10.2 Å². The van der Waals surface area contributed by atoms with E-state index in [0.29, 0.717) is 31.0 Å². The molecule has 0 unspecified atom stereocenters. The normalized spacial score (nSPS) is 18.9. The number of nitrogens with one attached hydrogen (secondary N) is 1. The molecule has 152 valence electrons. The summed E-state index contributed by atoms with van der Waals surface area (Å²) in [6.07, 6.45) is 0.0508. The highest BCUT2D eigenvalue weighted by atomic mass is 16.5. The van der Waals surface area contributed by atoms with E-state index in [9.17, 15) is 9.90 Å². The van der Waals surface area contributed by atoms with Crippen LogP contribution in [-0.4, -0.2) is 45.3 Å². The number of aliphatic hydroxyl groups excluding tert-OH is 1. The molecule has 1 amide bonds. The lowest BCUT2D eigenvalue weighted by atomic mass is 10.0. The highest BCUT2D eigenvalue weighted by Gasteiger charge is 2.36. The first kappa shape index (κ1) is 19.3. The second kappa shape index (κ2) is 8.13.